The van der Waals surface area contributed by atoms with Gasteiger partial charge in [-0.05, 0) is 30.3 Å². The van der Waals surface area contributed by atoms with Crippen LogP contribution in [0.25, 0.3) is 0 Å². The lowest BCUT2D eigenvalue weighted by Gasteiger charge is -2.18. The van der Waals surface area contributed by atoms with Crippen LogP contribution >= 0.6 is 11.6 Å². The molecule has 0 bridgehead atoms. The molecule has 0 saturated carbocycles. The van der Waals surface area contributed by atoms with E-state index < -0.39 is 0 Å². The van der Waals surface area contributed by atoms with E-state index in [9.17, 15) is 0 Å². The predicted octanol–water partition coefficient (Wildman–Crippen LogP) is 3.05. The van der Waals surface area contributed by atoms with Crippen LogP contribution in [0.3, 0.4) is 0 Å². The Morgan fingerprint density at radius 2 is 2.06 bits per heavy atom. The minimum absolute atomic E-state index is 0.00120. The number of benzene rings is 1. The topological polar surface area (TPSA) is 34.2 Å². The maximum atomic E-state index is 6.23. The van der Waals surface area contributed by atoms with Gasteiger partial charge in [-0.25, -0.2) is 0 Å². The molecular weight excluding hydrogens is 248 g/mol. The minimum atomic E-state index is 0.00120. The third-order valence-corrected chi connectivity index (χ3v) is 3.15. The average molecular weight is 263 g/mol. The Balaban J connectivity index is 2.42. The number of hydrogen-bond donors (Lipinski definition) is 1. The van der Waals surface area contributed by atoms with Crippen LogP contribution in [-0.2, 0) is 0 Å². The Morgan fingerprint density at radius 3 is 2.72 bits per heavy atom. The fraction of sp³-hybridized carbons (Fsp3) is 0.214. The van der Waals surface area contributed by atoms with Gasteiger partial charge in [0.05, 0.1) is 19.3 Å². The van der Waals surface area contributed by atoms with E-state index in [1.807, 2.05) is 43.6 Å². The van der Waals surface area contributed by atoms with Gasteiger partial charge in [0.2, 0.25) is 0 Å². The van der Waals surface area contributed by atoms with E-state index in [4.69, 9.17) is 16.3 Å². The first-order valence-electron chi connectivity index (χ1n) is 5.67. The molecule has 1 N–H and O–H groups in total. The Morgan fingerprint density at radius 1 is 1.28 bits per heavy atom. The summed E-state index contributed by atoms with van der Waals surface area (Å²) in [5, 5.41) is 3.98. The van der Waals surface area contributed by atoms with Crippen LogP contribution in [-0.4, -0.2) is 19.1 Å². The maximum Gasteiger partial charge on any atom is 0.137 e. The number of nitrogens with zero attached hydrogens (tertiary/aromatic N) is 1. The molecule has 0 saturated heterocycles. The van der Waals surface area contributed by atoms with Gasteiger partial charge in [-0.1, -0.05) is 29.8 Å². The van der Waals surface area contributed by atoms with Crippen molar-refractivity contribution in [1.29, 1.82) is 0 Å². The minimum Gasteiger partial charge on any atom is -0.495 e. The zero-order valence-electron chi connectivity index (χ0n) is 10.4. The molecular formula is C14H15ClN2O. The molecule has 0 amide bonds. The summed E-state index contributed by atoms with van der Waals surface area (Å²) >= 11 is 6.23. The fourth-order valence-corrected chi connectivity index (χ4v) is 2.16. The molecule has 3 nitrogen and oxygen atoms in total. The highest BCUT2D eigenvalue weighted by atomic mass is 35.5. The molecule has 18 heavy (non-hydrogen) atoms. The van der Waals surface area contributed by atoms with Crippen LogP contribution in [0.5, 0.6) is 5.75 Å². The molecule has 1 aromatic heterocycles. The molecule has 2 rings (SSSR count). The van der Waals surface area contributed by atoms with Crippen molar-refractivity contribution in [2.75, 3.05) is 14.2 Å². The van der Waals surface area contributed by atoms with E-state index in [2.05, 4.69) is 10.3 Å². The van der Waals surface area contributed by atoms with E-state index in [0.717, 1.165) is 21.9 Å². The van der Waals surface area contributed by atoms with Crippen LogP contribution in [0.2, 0.25) is 5.02 Å². The molecule has 0 radical (unpaired) electrons. The van der Waals surface area contributed by atoms with Crippen LogP contribution in [0.1, 0.15) is 17.2 Å². The monoisotopic (exact) mass is 262 g/mol. The highest BCUT2D eigenvalue weighted by Gasteiger charge is 2.15. The van der Waals surface area contributed by atoms with Crippen molar-refractivity contribution < 1.29 is 4.74 Å². The van der Waals surface area contributed by atoms with Crippen LogP contribution in [0, 0.1) is 0 Å². The van der Waals surface area contributed by atoms with Gasteiger partial charge in [-0.2, -0.15) is 0 Å². The standard InChI is InChI=1S/C14H15ClN2O/c1-16-14(12-5-3-4-6-13(12)15)10-7-11(18-2)9-17-8-10/h3-9,14,16H,1-2H3. The molecule has 1 unspecified atom stereocenters. The third kappa shape index (κ3) is 2.63. The summed E-state index contributed by atoms with van der Waals surface area (Å²) in [4.78, 5) is 4.17. The lowest BCUT2D eigenvalue weighted by molar-refractivity contribution is 0.411. The number of ether oxygens (including phenoxy) is 1. The van der Waals surface area contributed by atoms with E-state index in [1.165, 1.54) is 0 Å². The van der Waals surface area contributed by atoms with Gasteiger partial charge in [0.15, 0.2) is 0 Å². The maximum absolute atomic E-state index is 6.23. The first-order chi connectivity index (χ1) is 8.76. The SMILES string of the molecule is CNC(c1cncc(OC)c1)c1ccccc1Cl. The van der Waals surface area contributed by atoms with Crippen molar-refractivity contribution in [2.45, 2.75) is 6.04 Å². The number of aromatic nitrogens is 1. The second-order valence-corrected chi connectivity index (χ2v) is 4.31. The summed E-state index contributed by atoms with van der Waals surface area (Å²) in [5.41, 5.74) is 2.04. The average Bonchev–Trinajstić information content (AvgIpc) is 2.42. The summed E-state index contributed by atoms with van der Waals surface area (Å²) in [6, 6.07) is 9.73. The molecule has 0 spiro atoms. The van der Waals surface area contributed by atoms with Crippen molar-refractivity contribution in [3.05, 3.63) is 58.9 Å². The zero-order valence-corrected chi connectivity index (χ0v) is 11.1. The zero-order chi connectivity index (χ0) is 13.0. The van der Waals surface area contributed by atoms with Crippen molar-refractivity contribution in [3.63, 3.8) is 0 Å². The molecule has 2 aromatic rings. The largest absolute Gasteiger partial charge is 0.495 e. The molecule has 4 heteroatoms. The number of halogens is 1. The summed E-state index contributed by atoms with van der Waals surface area (Å²) in [5.74, 6) is 0.736. The van der Waals surface area contributed by atoms with E-state index in [-0.39, 0.29) is 6.04 Å². The van der Waals surface area contributed by atoms with Crippen molar-refractivity contribution >= 4 is 11.6 Å². The first kappa shape index (κ1) is 12.9. The lowest BCUT2D eigenvalue weighted by Crippen LogP contribution is -2.18. The summed E-state index contributed by atoms with van der Waals surface area (Å²) < 4.78 is 5.19. The molecule has 1 atom stereocenters. The van der Waals surface area contributed by atoms with Gasteiger partial charge in [-0.15, -0.1) is 0 Å². The molecule has 0 aliphatic carbocycles. The van der Waals surface area contributed by atoms with Gasteiger partial charge in [0.1, 0.15) is 5.75 Å². The number of methoxy groups -OCH3 is 1. The number of pyridine rings is 1. The molecule has 94 valence electrons. The highest BCUT2D eigenvalue weighted by Crippen LogP contribution is 2.28. The molecule has 0 fully saturated rings. The lowest BCUT2D eigenvalue weighted by atomic mass is 10.0. The van der Waals surface area contributed by atoms with Crippen LogP contribution < -0.4 is 10.1 Å². The smallest absolute Gasteiger partial charge is 0.137 e. The van der Waals surface area contributed by atoms with Gasteiger partial charge in [0, 0.05) is 11.2 Å². The number of rotatable bonds is 4. The summed E-state index contributed by atoms with van der Waals surface area (Å²) in [6.45, 7) is 0. The fourth-order valence-electron chi connectivity index (χ4n) is 1.92. The normalized spacial score (nSPS) is 12.2. The van der Waals surface area contributed by atoms with Crippen molar-refractivity contribution in [3.8, 4) is 5.75 Å². The van der Waals surface area contributed by atoms with Crippen molar-refractivity contribution in [2.24, 2.45) is 0 Å². The first-order valence-corrected chi connectivity index (χ1v) is 6.04. The Labute approximate surface area is 112 Å². The molecule has 0 aliphatic heterocycles. The third-order valence-electron chi connectivity index (χ3n) is 2.81. The van der Waals surface area contributed by atoms with E-state index in [0.29, 0.717) is 0 Å². The summed E-state index contributed by atoms with van der Waals surface area (Å²) in [7, 11) is 3.53. The van der Waals surface area contributed by atoms with Crippen LogP contribution in [0.15, 0.2) is 42.7 Å². The summed E-state index contributed by atoms with van der Waals surface area (Å²) in [6.07, 6.45) is 3.50. The van der Waals surface area contributed by atoms with Gasteiger partial charge in [-0.3, -0.25) is 4.98 Å². The number of hydrogen-bond acceptors (Lipinski definition) is 3. The van der Waals surface area contributed by atoms with Gasteiger partial charge < -0.3 is 10.1 Å². The second-order valence-electron chi connectivity index (χ2n) is 3.90. The van der Waals surface area contributed by atoms with E-state index in [1.54, 1.807) is 13.3 Å². The van der Waals surface area contributed by atoms with Gasteiger partial charge >= 0.3 is 0 Å². The van der Waals surface area contributed by atoms with Crippen LogP contribution in [0.4, 0.5) is 0 Å². The Bertz CT molecular complexity index is 531. The molecule has 0 aliphatic rings. The Hall–Kier alpha value is -1.58. The highest BCUT2D eigenvalue weighted by molar-refractivity contribution is 6.31. The quantitative estimate of drug-likeness (QED) is 0.920. The molecule has 1 heterocycles. The number of nitrogens with one attached hydrogen (secondary N) is 1. The second kappa shape index (κ2) is 5.85. The Kier molecular flexibility index (Phi) is 4.18. The van der Waals surface area contributed by atoms with E-state index >= 15 is 0 Å². The van der Waals surface area contributed by atoms with Crippen molar-refractivity contribution in [1.82, 2.24) is 10.3 Å². The van der Waals surface area contributed by atoms with Gasteiger partial charge in [0.25, 0.3) is 0 Å². The molecule has 1 aromatic carbocycles. The predicted molar refractivity (Wildman–Crippen MR) is 73.1 cm³/mol.